The first-order chi connectivity index (χ1) is 14.8. The van der Waals surface area contributed by atoms with Crippen molar-refractivity contribution in [1.82, 2.24) is 14.8 Å². The van der Waals surface area contributed by atoms with E-state index in [1.54, 1.807) is 30.0 Å². The average Bonchev–Trinajstić information content (AvgIpc) is 3.21. The number of benzene rings is 1. The minimum Gasteiger partial charge on any atom is -0.503 e. The summed E-state index contributed by atoms with van der Waals surface area (Å²) in [6.45, 7) is 10.9. The quantitative estimate of drug-likeness (QED) is 0.547. The lowest BCUT2D eigenvalue weighted by molar-refractivity contribution is -0.129. The molecule has 1 atom stereocenters. The molecular formula is C23H28ClN3O3S. The fourth-order valence-electron chi connectivity index (χ4n) is 4.01. The number of carbonyl (C=O) groups excluding carboxylic acids is 2. The first-order valence-corrected chi connectivity index (χ1v) is 11.7. The van der Waals surface area contributed by atoms with Gasteiger partial charge in [-0.25, -0.2) is 4.98 Å². The Morgan fingerprint density at radius 2 is 2.00 bits per heavy atom. The topological polar surface area (TPSA) is 73.7 Å². The van der Waals surface area contributed by atoms with Gasteiger partial charge in [0.25, 0.3) is 5.91 Å². The molecule has 0 saturated heterocycles. The van der Waals surface area contributed by atoms with E-state index in [0.29, 0.717) is 27.7 Å². The molecule has 1 aliphatic rings. The number of aliphatic hydroxyl groups is 1. The van der Waals surface area contributed by atoms with Gasteiger partial charge in [0.1, 0.15) is 0 Å². The Hall–Kier alpha value is -2.22. The van der Waals surface area contributed by atoms with E-state index in [2.05, 4.69) is 23.7 Å². The number of rotatable bonds is 9. The van der Waals surface area contributed by atoms with Gasteiger partial charge in [-0.3, -0.25) is 9.59 Å². The highest BCUT2D eigenvalue weighted by Crippen LogP contribution is 2.40. The van der Waals surface area contributed by atoms with Crippen LogP contribution in [0.5, 0.6) is 0 Å². The zero-order chi connectivity index (χ0) is 22.7. The molecule has 0 spiro atoms. The summed E-state index contributed by atoms with van der Waals surface area (Å²) in [5.74, 6) is -1.36. The average molecular weight is 462 g/mol. The van der Waals surface area contributed by atoms with E-state index >= 15 is 0 Å². The Balaban J connectivity index is 1.98. The fourth-order valence-corrected chi connectivity index (χ4v) is 5.08. The normalized spacial score (nSPS) is 16.6. The van der Waals surface area contributed by atoms with Gasteiger partial charge in [-0.05, 0) is 57.6 Å². The Morgan fingerprint density at radius 1 is 1.29 bits per heavy atom. The minimum atomic E-state index is -0.683. The molecular weight excluding hydrogens is 434 g/mol. The zero-order valence-electron chi connectivity index (χ0n) is 18.3. The molecule has 6 nitrogen and oxygen atoms in total. The number of nitrogens with zero attached hydrogens (tertiary/aromatic N) is 3. The van der Waals surface area contributed by atoms with E-state index in [-0.39, 0.29) is 11.4 Å². The largest absolute Gasteiger partial charge is 0.503 e. The Bertz CT molecular complexity index is 1010. The van der Waals surface area contributed by atoms with Crippen LogP contribution < -0.4 is 0 Å². The highest BCUT2D eigenvalue weighted by atomic mass is 35.5. The monoisotopic (exact) mass is 461 g/mol. The van der Waals surface area contributed by atoms with Crippen molar-refractivity contribution >= 4 is 34.6 Å². The number of aryl methyl sites for hydroxylation is 2. The lowest BCUT2D eigenvalue weighted by atomic mass is 9.95. The number of ketones is 1. The lowest BCUT2D eigenvalue weighted by Gasteiger charge is -2.28. The van der Waals surface area contributed by atoms with E-state index in [1.807, 2.05) is 13.0 Å². The second-order valence-corrected chi connectivity index (χ2v) is 9.21. The number of hydrogen-bond acceptors (Lipinski definition) is 6. The highest BCUT2D eigenvalue weighted by Gasteiger charge is 2.44. The van der Waals surface area contributed by atoms with Crippen LogP contribution in [0.2, 0.25) is 5.02 Å². The van der Waals surface area contributed by atoms with Gasteiger partial charge in [-0.1, -0.05) is 37.6 Å². The predicted molar refractivity (Wildman–Crippen MR) is 124 cm³/mol. The van der Waals surface area contributed by atoms with Crippen LogP contribution in [0.3, 0.4) is 0 Å². The van der Waals surface area contributed by atoms with Crippen LogP contribution in [0.4, 0.5) is 0 Å². The molecule has 0 bridgehead atoms. The van der Waals surface area contributed by atoms with Gasteiger partial charge in [0.15, 0.2) is 5.76 Å². The molecule has 166 valence electrons. The summed E-state index contributed by atoms with van der Waals surface area (Å²) >= 11 is 7.49. The van der Waals surface area contributed by atoms with E-state index in [1.165, 1.54) is 11.3 Å². The van der Waals surface area contributed by atoms with E-state index in [0.717, 1.165) is 31.1 Å². The molecule has 2 aromatic rings. The van der Waals surface area contributed by atoms with Crippen molar-refractivity contribution in [1.29, 1.82) is 0 Å². The molecule has 3 rings (SSSR count). The molecule has 31 heavy (non-hydrogen) atoms. The summed E-state index contributed by atoms with van der Waals surface area (Å²) < 4.78 is 0. The van der Waals surface area contributed by atoms with Crippen LogP contribution in [-0.4, -0.2) is 57.8 Å². The van der Waals surface area contributed by atoms with Crippen molar-refractivity contribution in [2.75, 3.05) is 26.2 Å². The second-order valence-electron chi connectivity index (χ2n) is 7.58. The maximum absolute atomic E-state index is 13.5. The van der Waals surface area contributed by atoms with Gasteiger partial charge in [0.05, 0.1) is 27.2 Å². The molecule has 0 radical (unpaired) electrons. The number of hydrogen-bond donors (Lipinski definition) is 1. The summed E-state index contributed by atoms with van der Waals surface area (Å²) in [6, 6.07) is 6.42. The SMILES string of the molecule is CCN(CC)CCCN1C(=O)C(O)=C(C(=O)c2sc(C)nc2C)C1c1cccc(Cl)c1. The third-order valence-corrected chi connectivity index (χ3v) is 6.90. The third kappa shape index (κ3) is 4.84. The summed E-state index contributed by atoms with van der Waals surface area (Å²) in [7, 11) is 0. The van der Waals surface area contributed by atoms with Crippen LogP contribution in [0.15, 0.2) is 35.6 Å². The first-order valence-electron chi connectivity index (χ1n) is 10.5. The van der Waals surface area contributed by atoms with Crippen LogP contribution in [0, 0.1) is 13.8 Å². The van der Waals surface area contributed by atoms with E-state index < -0.39 is 17.7 Å². The zero-order valence-corrected chi connectivity index (χ0v) is 19.9. The van der Waals surface area contributed by atoms with Crippen molar-refractivity contribution in [3.05, 3.63) is 61.8 Å². The maximum atomic E-state index is 13.5. The van der Waals surface area contributed by atoms with Crippen molar-refractivity contribution in [3.8, 4) is 0 Å². The summed E-state index contributed by atoms with van der Waals surface area (Å²) in [4.78, 5) is 35.1. The number of Topliss-reactive ketones (excluding diaryl/α,β-unsaturated/α-hetero) is 1. The van der Waals surface area contributed by atoms with Gasteiger partial charge in [0.2, 0.25) is 5.78 Å². The number of thiazole rings is 1. The Labute approximate surface area is 192 Å². The van der Waals surface area contributed by atoms with Crippen LogP contribution in [-0.2, 0) is 4.79 Å². The second kappa shape index (κ2) is 9.94. The molecule has 0 saturated carbocycles. The number of carbonyl (C=O) groups is 2. The molecule has 1 N–H and O–H groups in total. The number of aromatic nitrogens is 1. The highest BCUT2D eigenvalue weighted by molar-refractivity contribution is 7.14. The Kier molecular flexibility index (Phi) is 7.51. The van der Waals surface area contributed by atoms with Crippen molar-refractivity contribution in [3.63, 3.8) is 0 Å². The number of aliphatic hydroxyl groups excluding tert-OH is 1. The third-order valence-electron chi connectivity index (χ3n) is 5.59. The van der Waals surface area contributed by atoms with Crippen molar-refractivity contribution < 1.29 is 14.7 Å². The summed E-state index contributed by atoms with van der Waals surface area (Å²) in [6.07, 6.45) is 0.734. The van der Waals surface area contributed by atoms with Crippen LogP contribution >= 0.6 is 22.9 Å². The molecule has 1 aliphatic heterocycles. The van der Waals surface area contributed by atoms with E-state index in [4.69, 9.17) is 11.6 Å². The molecule has 2 heterocycles. The van der Waals surface area contributed by atoms with Crippen molar-refractivity contribution in [2.45, 2.75) is 40.2 Å². The lowest BCUT2D eigenvalue weighted by Crippen LogP contribution is -2.34. The van der Waals surface area contributed by atoms with Gasteiger partial charge in [0, 0.05) is 11.6 Å². The maximum Gasteiger partial charge on any atom is 0.290 e. The van der Waals surface area contributed by atoms with Gasteiger partial charge >= 0.3 is 0 Å². The van der Waals surface area contributed by atoms with E-state index in [9.17, 15) is 14.7 Å². The molecule has 1 aromatic carbocycles. The summed E-state index contributed by atoms with van der Waals surface area (Å²) in [5.41, 5.74) is 1.40. The predicted octanol–water partition coefficient (Wildman–Crippen LogP) is 4.72. The number of halogens is 1. The molecule has 0 fully saturated rings. The smallest absolute Gasteiger partial charge is 0.290 e. The standard InChI is InChI=1S/C23H28ClN3O3S/c1-5-26(6-2)11-8-12-27-19(16-9-7-10-17(24)13-16)18(21(29)23(27)30)20(28)22-14(3)25-15(4)31-22/h7,9-10,13,19,29H,5-6,8,11-12H2,1-4H3. The van der Waals surface area contributed by atoms with Gasteiger partial charge < -0.3 is 14.9 Å². The van der Waals surface area contributed by atoms with Crippen LogP contribution in [0.1, 0.15) is 52.2 Å². The first kappa shape index (κ1) is 23.4. The molecule has 1 amide bonds. The molecule has 8 heteroatoms. The number of amides is 1. The van der Waals surface area contributed by atoms with Crippen LogP contribution in [0.25, 0.3) is 0 Å². The fraction of sp³-hybridized carbons (Fsp3) is 0.435. The van der Waals surface area contributed by atoms with Gasteiger partial charge in [-0.15, -0.1) is 11.3 Å². The Morgan fingerprint density at radius 3 is 2.58 bits per heavy atom. The molecule has 0 aliphatic carbocycles. The summed E-state index contributed by atoms with van der Waals surface area (Å²) in [5, 5.41) is 12.0. The van der Waals surface area contributed by atoms with Gasteiger partial charge in [-0.2, -0.15) is 0 Å². The molecule has 1 aromatic heterocycles. The van der Waals surface area contributed by atoms with Crippen molar-refractivity contribution in [2.24, 2.45) is 0 Å². The minimum absolute atomic E-state index is 0.0989. The molecule has 1 unspecified atom stereocenters.